The van der Waals surface area contributed by atoms with E-state index in [1.807, 2.05) is 38.1 Å². The molecule has 0 radical (unpaired) electrons. The van der Waals surface area contributed by atoms with Crippen LogP contribution < -0.4 is 10.0 Å². The number of halogens is 1. The van der Waals surface area contributed by atoms with Gasteiger partial charge in [-0.25, -0.2) is 4.72 Å². The van der Waals surface area contributed by atoms with Crippen molar-refractivity contribution in [3.8, 4) is 0 Å². The Hall–Kier alpha value is -0.360. The van der Waals surface area contributed by atoms with Gasteiger partial charge in [-0.1, -0.05) is 35.8 Å². The Morgan fingerprint density at radius 2 is 1.93 bits per heavy atom. The van der Waals surface area contributed by atoms with Crippen LogP contribution in [0.4, 0.5) is 0 Å². The third-order valence-corrected chi connectivity index (χ3v) is 7.37. The van der Waals surface area contributed by atoms with Gasteiger partial charge in [-0.05, 0) is 100 Å². The number of carbonyl (C=O) groups excluding carboxylic acids is 1. The third-order valence-electron chi connectivity index (χ3n) is 5.76. The lowest BCUT2D eigenvalue weighted by atomic mass is 9.63. The Bertz CT molecular complexity index is 606. The SMILES string of the molecule is CC(C)(C=O)NSc1cccc(Br)c1.CNC1C(C)CC2CC(C)CC1C2. The molecular formula is C22H35BrN2OS. The predicted octanol–water partition coefficient (Wildman–Crippen LogP) is 5.69. The van der Waals surface area contributed by atoms with Crippen LogP contribution in [0.1, 0.15) is 53.4 Å². The van der Waals surface area contributed by atoms with Crippen molar-refractivity contribution in [3.63, 3.8) is 0 Å². The second-order valence-corrected chi connectivity index (χ2v) is 10.8. The quantitative estimate of drug-likeness (QED) is 0.442. The van der Waals surface area contributed by atoms with E-state index in [-0.39, 0.29) is 0 Å². The highest BCUT2D eigenvalue weighted by atomic mass is 79.9. The van der Waals surface area contributed by atoms with E-state index in [4.69, 9.17) is 0 Å². The molecule has 2 aliphatic carbocycles. The third kappa shape index (κ3) is 7.19. The van der Waals surface area contributed by atoms with Crippen LogP contribution in [0.3, 0.4) is 0 Å². The first-order chi connectivity index (χ1) is 12.7. The van der Waals surface area contributed by atoms with Crippen molar-refractivity contribution in [2.45, 2.75) is 69.9 Å². The molecule has 5 atom stereocenters. The van der Waals surface area contributed by atoms with Gasteiger partial charge in [0.2, 0.25) is 0 Å². The maximum atomic E-state index is 10.6. The smallest absolute Gasteiger partial charge is 0.140 e. The zero-order valence-electron chi connectivity index (χ0n) is 17.3. The second-order valence-electron chi connectivity index (χ2n) is 8.97. The van der Waals surface area contributed by atoms with Crippen LogP contribution in [0.15, 0.2) is 33.6 Å². The maximum absolute atomic E-state index is 10.6. The first kappa shape index (κ1) is 22.9. The number of nitrogens with one attached hydrogen (secondary N) is 2. The van der Waals surface area contributed by atoms with Crippen LogP contribution in [0.25, 0.3) is 0 Å². The molecule has 2 N–H and O–H groups in total. The first-order valence-electron chi connectivity index (χ1n) is 10.1. The monoisotopic (exact) mass is 454 g/mol. The average molecular weight is 456 g/mol. The van der Waals surface area contributed by atoms with Crippen molar-refractivity contribution < 1.29 is 4.79 Å². The van der Waals surface area contributed by atoms with Gasteiger partial charge in [0.25, 0.3) is 0 Å². The summed E-state index contributed by atoms with van der Waals surface area (Å²) in [4.78, 5) is 11.7. The molecule has 0 amide bonds. The Balaban J connectivity index is 0.000000194. The van der Waals surface area contributed by atoms with Crippen LogP contribution in [0, 0.1) is 23.7 Å². The molecule has 0 aromatic heterocycles. The standard InChI is InChI=1S/C12H23N.C10H12BrNOS/c1-8-4-10-6-9(2)12(13-3)11(5-8)7-10;1-10(2,7-13)12-14-9-5-3-4-8(11)6-9/h8-13H,4-7H2,1-3H3;3-7,12H,1-2H3. The molecule has 2 bridgehead atoms. The number of rotatable bonds is 5. The van der Waals surface area contributed by atoms with E-state index in [0.29, 0.717) is 0 Å². The molecule has 0 saturated heterocycles. The van der Waals surface area contributed by atoms with E-state index in [2.05, 4.69) is 46.9 Å². The van der Waals surface area contributed by atoms with E-state index >= 15 is 0 Å². The maximum Gasteiger partial charge on any atom is 0.140 e. The summed E-state index contributed by atoms with van der Waals surface area (Å²) in [6, 6.07) is 8.72. The van der Waals surface area contributed by atoms with E-state index < -0.39 is 5.54 Å². The molecular weight excluding hydrogens is 420 g/mol. The Morgan fingerprint density at radius 1 is 1.19 bits per heavy atom. The minimum Gasteiger partial charge on any atom is -0.316 e. The van der Waals surface area contributed by atoms with Crippen LogP contribution in [0.2, 0.25) is 0 Å². The topological polar surface area (TPSA) is 41.1 Å². The molecule has 1 aromatic carbocycles. The van der Waals surface area contributed by atoms with Gasteiger partial charge in [-0.3, -0.25) is 0 Å². The van der Waals surface area contributed by atoms with Crippen LogP contribution in [-0.2, 0) is 4.79 Å². The summed E-state index contributed by atoms with van der Waals surface area (Å²) >= 11 is 4.84. The molecule has 3 nitrogen and oxygen atoms in total. The van der Waals surface area contributed by atoms with Gasteiger partial charge in [-0.15, -0.1) is 0 Å². The molecule has 27 heavy (non-hydrogen) atoms. The summed E-state index contributed by atoms with van der Waals surface area (Å²) in [6.45, 7) is 8.54. The van der Waals surface area contributed by atoms with E-state index in [1.165, 1.54) is 37.6 Å². The van der Waals surface area contributed by atoms with Crippen molar-refractivity contribution in [3.05, 3.63) is 28.7 Å². The highest BCUT2D eigenvalue weighted by Gasteiger charge is 2.38. The zero-order valence-corrected chi connectivity index (χ0v) is 19.7. The van der Waals surface area contributed by atoms with Crippen molar-refractivity contribution in [1.82, 2.24) is 10.0 Å². The van der Waals surface area contributed by atoms with E-state index in [1.54, 1.807) is 0 Å². The minimum atomic E-state index is -0.493. The highest BCUT2D eigenvalue weighted by molar-refractivity contribution is 9.10. The number of benzene rings is 1. The number of hydrogen-bond donors (Lipinski definition) is 2. The van der Waals surface area contributed by atoms with E-state index in [0.717, 1.165) is 45.4 Å². The number of aldehydes is 1. The Kier molecular flexibility index (Phi) is 8.85. The summed E-state index contributed by atoms with van der Waals surface area (Å²) < 4.78 is 4.12. The van der Waals surface area contributed by atoms with Crippen LogP contribution in [0.5, 0.6) is 0 Å². The Labute approximate surface area is 178 Å². The molecule has 5 heteroatoms. The van der Waals surface area contributed by atoms with Gasteiger partial charge in [-0.2, -0.15) is 0 Å². The van der Waals surface area contributed by atoms with Crippen molar-refractivity contribution in [2.75, 3.05) is 7.05 Å². The lowest BCUT2D eigenvalue weighted by molar-refractivity contribution is -0.111. The lowest BCUT2D eigenvalue weighted by Crippen LogP contribution is -2.47. The van der Waals surface area contributed by atoms with Crippen LogP contribution >= 0.6 is 27.9 Å². The van der Waals surface area contributed by atoms with Gasteiger partial charge >= 0.3 is 0 Å². The molecule has 0 spiro atoms. The lowest BCUT2D eigenvalue weighted by Gasteiger charge is -2.46. The molecule has 5 unspecified atom stereocenters. The second kappa shape index (κ2) is 10.4. The fourth-order valence-corrected chi connectivity index (χ4v) is 6.00. The molecule has 152 valence electrons. The van der Waals surface area contributed by atoms with E-state index in [9.17, 15) is 4.79 Å². The Morgan fingerprint density at radius 3 is 2.56 bits per heavy atom. The number of carbonyl (C=O) groups is 1. The molecule has 2 aliphatic rings. The molecule has 0 heterocycles. The van der Waals surface area contributed by atoms with Crippen molar-refractivity contribution >= 4 is 34.2 Å². The molecule has 1 aromatic rings. The minimum absolute atomic E-state index is 0.493. The largest absolute Gasteiger partial charge is 0.316 e. The van der Waals surface area contributed by atoms with Crippen molar-refractivity contribution in [1.29, 1.82) is 0 Å². The molecule has 2 fully saturated rings. The fourth-order valence-electron chi connectivity index (χ4n) is 4.69. The van der Waals surface area contributed by atoms with Gasteiger partial charge in [0.05, 0.1) is 5.54 Å². The number of fused-ring (bicyclic) bond motifs is 2. The summed E-state index contributed by atoms with van der Waals surface area (Å²) in [5.74, 6) is 3.91. The average Bonchev–Trinajstić information content (AvgIpc) is 2.60. The van der Waals surface area contributed by atoms with Crippen LogP contribution in [-0.4, -0.2) is 24.9 Å². The summed E-state index contributed by atoms with van der Waals surface area (Å²) in [5, 5.41) is 3.53. The molecule has 0 aliphatic heterocycles. The first-order valence-corrected chi connectivity index (χ1v) is 11.7. The van der Waals surface area contributed by atoms with Gasteiger partial charge in [0, 0.05) is 15.4 Å². The summed E-state index contributed by atoms with van der Waals surface area (Å²) in [7, 11) is 2.14. The fraction of sp³-hybridized carbons (Fsp3) is 0.682. The van der Waals surface area contributed by atoms with Crippen molar-refractivity contribution in [2.24, 2.45) is 23.7 Å². The highest BCUT2D eigenvalue weighted by Crippen LogP contribution is 2.44. The predicted molar refractivity (Wildman–Crippen MR) is 120 cm³/mol. The summed E-state index contributed by atoms with van der Waals surface area (Å²) in [5.41, 5.74) is -0.493. The number of hydrogen-bond acceptors (Lipinski definition) is 4. The van der Waals surface area contributed by atoms with Gasteiger partial charge in [0.15, 0.2) is 0 Å². The molecule has 3 rings (SSSR count). The normalized spacial score (nSPS) is 30.2. The summed E-state index contributed by atoms with van der Waals surface area (Å²) in [6.07, 6.45) is 6.83. The van der Waals surface area contributed by atoms with Gasteiger partial charge in [0.1, 0.15) is 6.29 Å². The zero-order chi connectivity index (χ0) is 20.0. The van der Waals surface area contributed by atoms with Gasteiger partial charge < -0.3 is 10.1 Å². The molecule has 2 saturated carbocycles.